The van der Waals surface area contributed by atoms with Crippen molar-refractivity contribution >= 4 is 17.4 Å². The molecular weight excluding hydrogens is 288 g/mol. The maximum absolute atomic E-state index is 12.9. The Morgan fingerprint density at radius 2 is 1.78 bits per heavy atom. The van der Waals surface area contributed by atoms with E-state index in [1.165, 1.54) is 11.1 Å². The molecule has 1 saturated carbocycles. The normalized spacial score (nSPS) is 26.3. The van der Waals surface area contributed by atoms with Crippen molar-refractivity contribution in [2.45, 2.75) is 44.9 Å². The van der Waals surface area contributed by atoms with Gasteiger partial charge in [-0.15, -0.1) is 0 Å². The zero-order valence-corrected chi connectivity index (χ0v) is 13.5. The summed E-state index contributed by atoms with van der Waals surface area (Å²) in [5.41, 5.74) is 10.1. The van der Waals surface area contributed by atoms with Crippen LogP contribution in [0.25, 0.3) is 0 Å². The van der Waals surface area contributed by atoms with Gasteiger partial charge in [0.2, 0.25) is 5.91 Å². The number of hydrogen-bond acceptors (Lipinski definition) is 3. The Hall–Kier alpha value is -1.68. The Kier molecular flexibility index (Phi) is 3.72. The number of nitrogens with two attached hydrogens (primary N) is 1. The molecule has 0 atom stereocenters. The standard InChI is InChI=1S/C19H24N2O2/c20-11-12-1-3-13(4-2-12)19(23)16-9-14-5-6-17(22)21-8-7-15(10-16)18(14)21/h9-10,12-13H,1-8,11,20H2. The first-order chi connectivity index (χ1) is 11.2. The van der Waals surface area contributed by atoms with Gasteiger partial charge >= 0.3 is 0 Å². The molecular formula is C19H24N2O2. The summed E-state index contributed by atoms with van der Waals surface area (Å²) < 4.78 is 0. The van der Waals surface area contributed by atoms with Crippen molar-refractivity contribution < 1.29 is 9.59 Å². The first-order valence-electron chi connectivity index (χ1n) is 8.88. The first-order valence-corrected chi connectivity index (χ1v) is 8.88. The van der Waals surface area contributed by atoms with Gasteiger partial charge in [-0.25, -0.2) is 0 Å². The van der Waals surface area contributed by atoms with E-state index in [4.69, 9.17) is 5.73 Å². The lowest BCUT2D eigenvalue weighted by Gasteiger charge is -2.28. The van der Waals surface area contributed by atoms with Crippen molar-refractivity contribution in [1.29, 1.82) is 0 Å². The molecule has 2 aliphatic heterocycles. The van der Waals surface area contributed by atoms with Crippen LogP contribution >= 0.6 is 0 Å². The van der Waals surface area contributed by atoms with Gasteiger partial charge in [0.05, 0.1) is 5.69 Å². The number of hydrogen-bond donors (Lipinski definition) is 1. The average molecular weight is 312 g/mol. The van der Waals surface area contributed by atoms with Gasteiger partial charge in [-0.1, -0.05) is 0 Å². The summed E-state index contributed by atoms with van der Waals surface area (Å²) in [5, 5.41) is 0. The van der Waals surface area contributed by atoms with Crippen LogP contribution in [0.2, 0.25) is 0 Å². The molecule has 122 valence electrons. The highest BCUT2D eigenvalue weighted by atomic mass is 16.2. The predicted molar refractivity (Wildman–Crippen MR) is 89.7 cm³/mol. The minimum atomic E-state index is 0.158. The fourth-order valence-electron chi connectivity index (χ4n) is 4.50. The minimum absolute atomic E-state index is 0.158. The van der Waals surface area contributed by atoms with Crippen molar-refractivity contribution in [1.82, 2.24) is 0 Å². The number of nitrogens with zero attached hydrogens (tertiary/aromatic N) is 1. The SMILES string of the molecule is NCC1CCC(C(=O)c2cc3c4c(c2)CCN4C(=O)CC3)CC1. The van der Waals surface area contributed by atoms with E-state index in [1.54, 1.807) is 0 Å². The van der Waals surface area contributed by atoms with Gasteiger partial charge in [0, 0.05) is 24.4 Å². The summed E-state index contributed by atoms with van der Waals surface area (Å²) in [5.74, 6) is 1.29. The highest BCUT2D eigenvalue weighted by Gasteiger charge is 2.33. The number of amides is 1. The molecule has 2 N–H and O–H groups in total. The van der Waals surface area contributed by atoms with Crippen LogP contribution in [0.3, 0.4) is 0 Å². The predicted octanol–water partition coefficient (Wildman–Crippen LogP) is 2.47. The third-order valence-corrected chi connectivity index (χ3v) is 5.89. The topological polar surface area (TPSA) is 63.4 Å². The molecule has 1 amide bonds. The molecule has 1 aromatic rings. The van der Waals surface area contributed by atoms with Crippen LogP contribution in [0.4, 0.5) is 5.69 Å². The van der Waals surface area contributed by atoms with Crippen molar-refractivity contribution in [3.63, 3.8) is 0 Å². The number of rotatable bonds is 3. The van der Waals surface area contributed by atoms with E-state index in [0.717, 1.165) is 62.9 Å². The van der Waals surface area contributed by atoms with Crippen LogP contribution in [0.5, 0.6) is 0 Å². The fourth-order valence-corrected chi connectivity index (χ4v) is 4.50. The van der Waals surface area contributed by atoms with Gasteiger partial charge in [-0.3, -0.25) is 9.59 Å². The molecule has 23 heavy (non-hydrogen) atoms. The molecule has 1 fully saturated rings. The Bertz CT molecular complexity index is 660. The van der Waals surface area contributed by atoms with Crippen LogP contribution in [-0.4, -0.2) is 24.8 Å². The number of Topliss-reactive ketones (excluding diaryl/α,β-unsaturated/α-hetero) is 1. The summed E-state index contributed by atoms with van der Waals surface area (Å²) in [6.07, 6.45) is 6.33. The van der Waals surface area contributed by atoms with Crippen LogP contribution in [0.15, 0.2) is 12.1 Å². The number of carbonyl (C=O) groups excluding carboxylic acids is 2. The fraction of sp³-hybridized carbons (Fsp3) is 0.579. The zero-order chi connectivity index (χ0) is 16.0. The number of benzene rings is 1. The van der Waals surface area contributed by atoms with Gasteiger partial charge in [-0.05, 0) is 74.2 Å². The van der Waals surface area contributed by atoms with Crippen molar-refractivity contribution in [3.8, 4) is 0 Å². The quantitative estimate of drug-likeness (QED) is 0.872. The van der Waals surface area contributed by atoms with Crippen molar-refractivity contribution in [2.24, 2.45) is 17.6 Å². The second-order valence-electron chi connectivity index (χ2n) is 7.26. The molecule has 0 radical (unpaired) electrons. The number of ketones is 1. The highest BCUT2D eigenvalue weighted by Crippen LogP contribution is 2.39. The summed E-state index contributed by atoms with van der Waals surface area (Å²) in [4.78, 5) is 26.8. The second-order valence-corrected chi connectivity index (χ2v) is 7.26. The molecule has 0 bridgehead atoms. The Labute approximate surface area is 137 Å². The van der Waals surface area contributed by atoms with E-state index in [-0.39, 0.29) is 11.8 Å². The first kappa shape index (κ1) is 14.9. The van der Waals surface area contributed by atoms with Crippen molar-refractivity contribution in [3.05, 3.63) is 28.8 Å². The number of carbonyl (C=O) groups is 2. The number of aryl methyl sites for hydroxylation is 1. The Morgan fingerprint density at radius 3 is 2.48 bits per heavy atom. The molecule has 0 aromatic heterocycles. The third-order valence-electron chi connectivity index (χ3n) is 5.89. The van der Waals surface area contributed by atoms with Crippen LogP contribution in [0.1, 0.15) is 53.6 Å². The molecule has 1 aromatic carbocycles. The lowest BCUT2D eigenvalue weighted by Crippen LogP contribution is -2.33. The highest BCUT2D eigenvalue weighted by molar-refractivity contribution is 6.02. The van der Waals surface area contributed by atoms with E-state index < -0.39 is 0 Å². The lowest BCUT2D eigenvalue weighted by atomic mass is 9.78. The number of anilines is 1. The molecule has 0 spiro atoms. The maximum atomic E-state index is 12.9. The summed E-state index contributed by atoms with van der Waals surface area (Å²) in [6.45, 7) is 1.52. The molecule has 4 nitrogen and oxygen atoms in total. The van der Waals surface area contributed by atoms with E-state index >= 15 is 0 Å². The largest absolute Gasteiger partial charge is 0.330 e. The van der Waals surface area contributed by atoms with E-state index in [1.807, 2.05) is 4.90 Å². The van der Waals surface area contributed by atoms with E-state index in [9.17, 15) is 9.59 Å². The molecule has 2 heterocycles. The molecule has 0 unspecified atom stereocenters. The van der Waals surface area contributed by atoms with Crippen LogP contribution < -0.4 is 10.6 Å². The maximum Gasteiger partial charge on any atom is 0.227 e. The second kappa shape index (κ2) is 5.75. The molecule has 4 heteroatoms. The zero-order valence-electron chi connectivity index (χ0n) is 13.5. The van der Waals surface area contributed by atoms with Crippen LogP contribution in [0, 0.1) is 11.8 Å². The van der Waals surface area contributed by atoms with Crippen molar-refractivity contribution in [2.75, 3.05) is 18.0 Å². The third kappa shape index (κ3) is 2.49. The summed E-state index contributed by atoms with van der Waals surface area (Å²) in [7, 11) is 0. The average Bonchev–Trinajstić information content (AvgIpc) is 3.03. The lowest BCUT2D eigenvalue weighted by molar-refractivity contribution is -0.118. The smallest absolute Gasteiger partial charge is 0.227 e. The van der Waals surface area contributed by atoms with Gasteiger partial charge in [0.1, 0.15) is 0 Å². The molecule has 4 rings (SSSR count). The molecule has 0 saturated heterocycles. The molecule has 1 aliphatic carbocycles. The minimum Gasteiger partial charge on any atom is -0.330 e. The van der Waals surface area contributed by atoms with Gasteiger partial charge in [0.15, 0.2) is 5.78 Å². The Morgan fingerprint density at radius 1 is 1.09 bits per heavy atom. The summed E-state index contributed by atoms with van der Waals surface area (Å²) >= 11 is 0. The van der Waals surface area contributed by atoms with Gasteiger partial charge in [0.25, 0.3) is 0 Å². The Balaban J connectivity index is 1.59. The molecule has 3 aliphatic rings. The van der Waals surface area contributed by atoms with E-state index in [0.29, 0.717) is 18.1 Å². The monoisotopic (exact) mass is 312 g/mol. The van der Waals surface area contributed by atoms with Gasteiger partial charge < -0.3 is 10.6 Å². The van der Waals surface area contributed by atoms with Crippen LogP contribution in [-0.2, 0) is 17.6 Å². The van der Waals surface area contributed by atoms with Gasteiger partial charge in [-0.2, -0.15) is 0 Å². The van der Waals surface area contributed by atoms with E-state index in [2.05, 4.69) is 12.1 Å². The summed E-state index contributed by atoms with van der Waals surface area (Å²) in [6, 6.07) is 4.11.